The molecule has 0 atom stereocenters. The minimum absolute atomic E-state index is 0.179. The molecule has 1 aliphatic rings. The predicted octanol–water partition coefficient (Wildman–Crippen LogP) is 2.16. The van der Waals surface area contributed by atoms with E-state index in [1.165, 1.54) is 18.9 Å². The van der Waals surface area contributed by atoms with Crippen LogP contribution < -0.4 is 5.43 Å². The van der Waals surface area contributed by atoms with Crippen LogP contribution in [-0.4, -0.2) is 11.6 Å². The maximum Gasteiger partial charge on any atom is 0.271 e. The fourth-order valence-corrected chi connectivity index (χ4v) is 1.43. The van der Waals surface area contributed by atoms with Crippen LogP contribution in [0.5, 0.6) is 0 Å². The van der Waals surface area contributed by atoms with Crippen molar-refractivity contribution in [3.05, 3.63) is 24.3 Å². The third-order valence-electron chi connectivity index (χ3n) is 2.29. The van der Waals surface area contributed by atoms with Crippen molar-refractivity contribution in [2.75, 3.05) is 0 Å². The zero-order valence-electron chi connectivity index (χ0n) is 8.55. The normalized spacial score (nSPS) is 16.6. The van der Waals surface area contributed by atoms with Crippen LogP contribution in [-0.2, 0) is 4.79 Å². The summed E-state index contributed by atoms with van der Waals surface area (Å²) in [5.74, 6) is -0.179. The summed E-state index contributed by atoms with van der Waals surface area (Å²) in [5, 5.41) is 4.07. The minimum Gasteiger partial charge on any atom is -0.267 e. The highest BCUT2D eigenvalue weighted by Crippen LogP contribution is 2.13. The van der Waals surface area contributed by atoms with Crippen molar-refractivity contribution in [3.63, 3.8) is 0 Å². The highest BCUT2D eigenvalue weighted by Gasteiger charge is 2.09. The smallest absolute Gasteiger partial charge is 0.267 e. The van der Waals surface area contributed by atoms with Crippen LogP contribution in [0, 0.1) is 0 Å². The molecule has 0 aromatic heterocycles. The van der Waals surface area contributed by atoms with Crippen molar-refractivity contribution in [3.8, 4) is 0 Å². The molecule has 76 valence electrons. The van der Waals surface area contributed by atoms with Gasteiger partial charge in [-0.15, -0.1) is 0 Å². The van der Waals surface area contributed by atoms with Crippen LogP contribution in [0.4, 0.5) is 0 Å². The van der Waals surface area contributed by atoms with E-state index in [4.69, 9.17) is 0 Å². The van der Waals surface area contributed by atoms with Crippen LogP contribution in [0.2, 0.25) is 0 Å². The van der Waals surface area contributed by atoms with Gasteiger partial charge >= 0.3 is 0 Å². The Kier molecular flexibility index (Phi) is 4.11. The van der Waals surface area contributed by atoms with Gasteiger partial charge in [0.05, 0.1) is 0 Å². The van der Waals surface area contributed by atoms with Gasteiger partial charge in [-0.3, -0.25) is 4.79 Å². The van der Waals surface area contributed by atoms with Gasteiger partial charge in [-0.25, -0.2) is 5.43 Å². The zero-order chi connectivity index (χ0) is 10.4. The quantitative estimate of drug-likeness (QED) is 0.415. The van der Waals surface area contributed by atoms with Gasteiger partial charge < -0.3 is 0 Å². The maximum absolute atomic E-state index is 11.4. The molecule has 0 spiro atoms. The Morgan fingerprint density at radius 3 is 2.64 bits per heavy atom. The summed E-state index contributed by atoms with van der Waals surface area (Å²) in [6, 6.07) is 0. The van der Waals surface area contributed by atoms with Crippen molar-refractivity contribution >= 4 is 11.6 Å². The minimum atomic E-state index is -0.179. The molecule has 1 N–H and O–H groups in total. The Bertz CT molecular complexity index is 282. The van der Waals surface area contributed by atoms with Crippen LogP contribution in [0.15, 0.2) is 29.4 Å². The zero-order valence-corrected chi connectivity index (χ0v) is 8.55. The van der Waals surface area contributed by atoms with Gasteiger partial charge in [-0.1, -0.05) is 18.7 Å². The molecule has 3 heteroatoms. The molecule has 0 radical (unpaired) electrons. The Hall–Kier alpha value is -1.38. The van der Waals surface area contributed by atoms with Gasteiger partial charge in [-0.2, -0.15) is 5.10 Å². The number of rotatable bonds is 3. The Morgan fingerprint density at radius 2 is 2.14 bits per heavy atom. The number of hydrogen-bond acceptors (Lipinski definition) is 2. The third-order valence-corrected chi connectivity index (χ3v) is 2.29. The molecule has 1 saturated carbocycles. The Balaban J connectivity index is 2.48. The molecule has 14 heavy (non-hydrogen) atoms. The molecule has 1 fully saturated rings. The van der Waals surface area contributed by atoms with Gasteiger partial charge in [0.2, 0.25) is 0 Å². The summed E-state index contributed by atoms with van der Waals surface area (Å²) in [6.07, 6.45) is 7.65. The van der Waals surface area contributed by atoms with E-state index in [-0.39, 0.29) is 5.91 Å². The number of carbonyl (C=O) groups excluding carboxylic acids is 1. The molecule has 1 aliphatic carbocycles. The summed E-state index contributed by atoms with van der Waals surface area (Å²) in [6.45, 7) is 5.36. The van der Waals surface area contributed by atoms with Crippen LogP contribution in [0.25, 0.3) is 0 Å². The SMILES string of the molecule is C=C/C(=C\C)C(=O)NN=C1CCCC1. The Labute approximate surface area is 84.6 Å². The van der Waals surface area contributed by atoms with E-state index in [0.29, 0.717) is 5.57 Å². The molecule has 1 amide bonds. The highest BCUT2D eigenvalue weighted by atomic mass is 16.2. The van der Waals surface area contributed by atoms with E-state index in [0.717, 1.165) is 18.6 Å². The molecule has 0 aliphatic heterocycles. The van der Waals surface area contributed by atoms with E-state index in [1.807, 2.05) is 0 Å². The van der Waals surface area contributed by atoms with Gasteiger partial charge in [0, 0.05) is 11.3 Å². The predicted molar refractivity (Wildman–Crippen MR) is 58.0 cm³/mol. The summed E-state index contributed by atoms with van der Waals surface area (Å²) < 4.78 is 0. The lowest BCUT2D eigenvalue weighted by Crippen LogP contribution is -2.20. The number of allylic oxidation sites excluding steroid dienone is 1. The molecule has 0 aromatic carbocycles. The molecule has 3 nitrogen and oxygen atoms in total. The van der Waals surface area contributed by atoms with Gasteiger partial charge in [0.15, 0.2) is 0 Å². The number of hydrazone groups is 1. The maximum atomic E-state index is 11.4. The summed E-state index contributed by atoms with van der Waals surface area (Å²) in [7, 11) is 0. The Morgan fingerprint density at radius 1 is 1.50 bits per heavy atom. The first kappa shape index (κ1) is 10.7. The second-order valence-corrected chi connectivity index (χ2v) is 3.27. The lowest BCUT2D eigenvalue weighted by molar-refractivity contribution is -0.117. The number of nitrogens with zero attached hydrogens (tertiary/aromatic N) is 1. The van der Waals surface area contributed by atoms with E-state index in [1.54, 1.807) is 13.0 Å². The standard InChI is InChI=1S/C11H16N2O/c1-3-9(4-2)11(14)13-12-10-7-5-6-8-10/h3-4H,1,5-8H2,2H3,(H,13,14)/b9-4+. The molecule has 0 unspecified atom stereocenters. The average molecular weight is 192 g/mol. The molecule has 0 aromatic rings. The molecule has 0 saturated heterocycles. The number of hydrogen-bond donors (Lipinski definition) is 1. The van der Waals surface area contributed by atoms with Gasteiger partial charge in [0.25, 0.3) is 5.91 Å². The van der Waals surface area contributed by atoms with Crippen molar-refractivity contribution in [1.82, 2.24) is 5.43 Å². The fraction of sp³-hybridized carbons (Fsp3) is 0.455. The molecule has 1 rings (SSSR count). The van der Waals surface area contributed by atoms with Crippen LogP contribution in [0.3, 0.4) is 0 Å². The lowest BCUT2D eigenvalue weighted by Gasteiger charge is -2.00. The lowest BCUT2D eigenvalue weighted by atomic mass is 10.2. The first-order chi connectivity index (χ1) is 6.77. The van der Waals surface area contributed by atoms with E-state index >= 15 is 0 Å². The average Bonchev–Trinajstić information content (AvgIpc) is 2.69. The first-order valence-electron chi connectivity index (χ1n) is 4.92. The van der Waals surface area contributed by atoms with Crippen molar-refractivity contribution in [1.29, 1.82) is 0 Å². The summed E-state index contributed by atoms with van der Waals surface area (Å²) >= 11 is 0. The molecule has 0 heterocycles. The number of carbonyl (C=O) groups is 1. The largest absolute Gasteiger partial charge is 0.271 e. The second-order valence-electron chi connectivity index (χ2n) is 3.27. The van der Waals surface area contributed by atoms with Crippen molar-refractivity contribution in [2.24, 2.45) is 5.10 Å². The highest BCUT2D eigenvalue weighted by molar-refractivity contribution is 5.97. The van der Waals surface area contributed by atoms with E-state index in [9.17, 15) is 4.79 Å². The topological polar surface area (TPSA) is 41.5 Å². The monoisotopic (exact) mass is 192 g/mol. The van der Waals surface area contributed by atoms with Crippen LogP contribution >= 0.6 is 0 Å². The second kappa shape index (κ2) is 5.37. The fourth-order valence-electron chi connectivity index (χ4n) is 1.43. The van der Waals surface area contributed by atoms with E-state index in [2.05, 4.69) is 17.1 Å². The summed E-state index contributed by atoms with van der Waals surface area (Å²) in [5.41, 5.74) is 4.19. The van der Waals surface area contributed by atoms with Gasteiger partial charge in [-0.05, 0) is 32.6 Å². The molecular formula is C11H16N2O. The van der Waals surface area contributed by atoms with E-state index < -0.39 is 0 Å². The third kappa shape index (κ3) is 2.83. The van der Waals surface area contributed by atoms with Crippen molar-refractivity contribution < 1.29 is 4.79 Å². The molecule has 0 bridgehead atoms. The molecular weight excluding hydrogens is 176 g/mol. The number of amides is 1. The summed E-state index contributed by atoms with van der Waals surface area (Å²) in [4.78, 5) is 11.4. The number of nitrogens with one attached hydrogen (secondary N) is 1. The first-order valence-corrected chi connectivity index (χ1v) is 4.92. The van der Waals surface area contributed by atoms with Crippen molar-refractivity contribution in [2.45, 2.75) is 32.6 Å². The van der Waals surface area contributed by atoms with Crippen LogP contribution in [0.1, 0.15) is 32.6 Å². The van der Waals surface area contributed by atoms with Gasteiger partial charge in [0.1, 0.15) is 0 Å².